The zero-order valence-corrected chi connectivity index (χ0v) is 8.85. The molecule has 1 aromatic carbocycles. The number of carbonyl (C=O) groups is 1. The van der Waals surface area contributed by atoms with Crippen molar-refractivity contribution in [1.29, 1.82) is 0 Å². The van der Waals surface area contributed by atoms with Crippen molar-refractivity contribution in [3.8, 4) is 5.75 Å². The molecule has 0 atom stereocenters. The third-order valence-corrected chi connectivity index (χ3v) is 2.08. The maximum Gasteiger partial charge on any atom is 0.339 e. The Morgan fingerprint density at radius 3 is 2.31 bits per heavy atom. The minimum atomic E-state index is -1.16. The fraction of sp³-hybridized carbons (Fsp3) is 0.364. The minimum Gasteiger partial charge on any atom is -0.507 e. The average Bonchev–Trinajstić information content (AvgIpc) is 2.74. The van der Waals surface area contributed by atoms with Crippen LogP contribution in [0.1, 0.15) is 23.2 Å². The highest BCUT2D eigenvalue weighted by atomic mass is 16.5. The van der Waals surface area contributed by atoms with E-state index in [4.69, 9.17) is 20.7 Å². The summed E-state index contributed by atoms with van der Waals surface area (Å²) in [6.07, 6.45) is 2.56. The number of nitrogens with two attached hydrogens (primary N) is 1. The quantitative estimate of drug-likeness (QED) is 0.629. The van der Waals surface area contributed by atoms with Gasteiger partial charge in [0.1, 0.15) is 11.3 Å². The Kier molecular flexibility index (Phi) is 4.60. The molecule has 1 fully saturated rings. The van der Waals surface area contributed by atoms with E-state index < -0.39 is 5.97 Å². The first-order valence-electron chi connectivity index (χ1n) is 5.01. The first kappa shape index (κ1) is 12.3. The third-order valence-electron chi connectivity index (χ3n) is 2.08. The molecule has 2 rings (SSSR count). The van der Waals surface area contributed by atoms with E-state index in [1.807, 2.05) is 0 Å². The second kappa shape index (κ2) is 5.97. The normalized spacial score (nSPS) is 14.0. The fourth-order valence-corrected chi connectivity index (χ4v) is 1.24. The van der Waals surface area contributed by atoms with E-state index in [-0.39, 0.29) is 11.3 Å². The van der Waals surface area contributed by atoms with Crippen LogP contribution in [0.4, 0.5) is 5.69 Å². The van der Waals surface area contributed by atoms with Crippen molar-refractivity contribution in [3.63, 3.8) is 0 Å². The van der Waals surface area contributed by atoms with Crippen LogP contribution in [-0.4, -0.2) is 29.4 Å². The minimum absolute atomic E-state index is 0.140. The third kappa shape index (κ3) is 3.78. The topological polar surface area (TPSA) is 92.8 Å². The van der Waals surface area contributed by atoms with Crippen LogP contribution in [0.25, 0.3) is 0 Å². The number of phenols is 1. The molecular formula is C11H15NO4. The molecule has 0 radical (unpaired) electrons. The first-order chi connectivity index (χ1) is 7.61. The number of ether oxygens (including phenoxy) is 1. The number of hydrogen-bond donors (Lipinski definition) is 3. The van der Waals surface area contributed by atoms with E-state index in [9.17, 15) is 4.79 Å². The van der Waals surface area contributed by atoms with Crippen LogP contribution in [-0.2, 0) is 4.74 Å². The van der Waals surface area contributed by atoms with Crippen molar-refractivity contribution in [2.45, 2.75) is 12.8 Å². The van der Waals surface area contributed by atoms with Gasteiger partial charge in [-0.25, -0.2) is 4.79 Å². The first-order valence-corrected chi connectivity index (χ1v) is 5.01. The molecule has 1 aliphatic heterocycles. The number of aromatic carboxylic acids is 1. The summed E-state index contributed by atoms with van der Waals surface area (Å²) in [6.45, 7) is 2.00. The lowest BCUT2D eigenvalue weighted by molar-refractivity contribution is 0.0694. The largest absolute Gasteiger partial charge is 0.507 e. The van der Waals surface area contributed by atoms with Gasteiger partial charge in [-0.15, -0.1) is 0 Å². The van der Waals surface area contributed by atoms with Gasteiger partial charge < -0.3 is 20.7 Å². The van der Waals surface area contributed by atoms with Gasteiger partial charge in [0, 0.05) is 25.0 Å². The molecule has 1 aliphatic rings. The Balaban J connectivity index is 0.000000212. The molecule has 0 amide bonds. The second-order valence-corrected chi connectivity index (χ2v) is 3.40. The predicted octanol–water partition coefficient (Wildman–Crippen LogP) is 1.47. The lowest BCUT2D eigenvalue weighted by Gasteiger charge is -1.98. The average molecular weight is 225 g/mol. The van der Waals surface area contributed by atoms with Gasteiger partial charge in [0.05, 0.1) is 0 Å². The summed E-state index contributed by atoms with van der Waals surface area (Å²) in [7, 11) is 0. The van der Waals surface area contributed by atoms with Crippen LogP contribution in [0, 0.1) is 0 Å². The maximum absolute atomic E-state index is 10.3. The highest BCUT2D eigenvalue weighted by Crippen LogP contribution is 2.19. The Labute approximate surface area is 93.5 Å². The molecule has 16 heavy (non-hydrogen) atoms. The summed E-state index contributed by atoms with van der Waals surface area (Å²) in [5.74, 6) is -1.47. The smallest absolute Gasteiger partial charge is 0.339 e. The van der Waals surface area contributed by atoms with Crippen LogP contribution < -0.4 is 5.73 Å². The van der Waals surface area contributed by atoms with Crippen LogP contribution in [0.5, 0.6) is 5.75 Å². The summed E-state index contributed by atoms with van der Waals surface area (Å²) < 4.78 is 4.94. The fourth-order valence-electron chi connectivity index (χ4n) is 1.24. The Morgan fingerprint density at radius 2 is 1.94 bits per heavy atom. The monoisotopic (exact) mass is 225 g/mol. The van der Waals surface area contributed by atoms with Gasteiger partial charge in [0.2, 0.25) is 0 Å². The van der Waals surface area contributed by atoms with Crippen molar-refractivity contribution >= 4 is 11.7 Å². The van der Waals surface area contributed by atoms with Crippen molar-refractivity contribution in [2.75, 3.05) is 18.9 Å². The molecule has 4 N–H and O–H groups in total. The number of carboxylic acids is 1. The van der Waals surface area contributed by atoms with Crippen LogP contribution in [0.3, 0.4) is 0 Å². The molecule has 0 spiro atoms. The van der Waals surface area contributed by atoms with Crippen LogP contribution in [0.15, 0.2) is 18.2 Å². The molecule has 5 nitrogen and oxygen atoms in total. The van der Waals surface area contributed by atoms with E-state index in [0.717, 1.165) is 13.2 Å². The standard InChI is InChI=1S/C7H7NO3.C4H8O/c8-4-1-2-5(7(10)11)6(9)3-4;1-2-4-5-3-1/h1-3,9H,8H2,(H,10,11);1-4H2. The summed E-state index contributed by atoms with van der Waals surface area (Å²) >= 11 is 0. The number of benzene rings is 1. The van der Waals surface area contributed by atoms with Gasteiger partial charge >= 0.3 is 5.97 Å². The van der Waals surface area contributed by atoms with E-state index in [0.29, 0.717) is 5.69 Å². The van der Waals surface area contributed by atoms with Crippen molar-refractivity contribution in [2.24, 2.45) is 0 Å². The summed E-state index contributed by atoms with van der Waals surface area (Å²) in [4.78, 5) is 10.3. The second-order valence-electron chi connectivity index (χ2n) is 3.40. The number of carboxylic acid groups (broad SMARTS) is 1. The van der Waals surface area contributed by atoms with Gasteiger partial charge in [0.25, 0.3) is 0 Å². The van der Waals surface area contributed by atoms with Crippen molar-refractivity contribution in [1.82, 2.24) is 0 Å². The molecule has 88 valence electrons. The molecule has 1 aromatic rings. The summed E-state index contributed by atoms with van der Waals surface area (Å²) in [5.41, 5.74) is 5.48. The van der Waals surface area contributed by atoms with Crippen molar-refractivity contribution < 1.29 is 19.7 Å². The number of nitrogen functional groups attached to an aromatic ring is 1. The van der Waals surface area contributed by atoms with Crippen molar-refractivity contribution in [3.05, 3.63) is 23.8 Å². The van der Waals surface area contributed by atoms with Gasteiger partial charge in [0.15, 0.2) is 0 Å². The Hall–Kier alpha value is -1.75. The highest BCUT2D eigenvalue weighted by Gasteiger charge is 2.07. The molecule has 0 bridgehead atoms. The molecule has 0 aromatic heterocycles. The lowest BCUT2D eigenvalue weighted by atomic mass is 10.2. The van der Waals surface area contributed by atoms with E-state index in [1.165, 1.54) is 31.0 Å². The molecule has 0 unspecified atom stereocenters. The molecular weight excluding hydrogens is 210 g/mol. The lowest BCUT2D eigenvalue weighted by Crippen LogP contribution is -1.97. The van der Waals surface area contributed by atoms with E-state index in [2.05, 4.69) is 0 Å². The zero-order valence-electron chi connectivity index (χ0n) is 8.85. The number of rotatable bonds is 1. The summed E-state index contributed by atoms with van der Waals surface area (Å²) in [5, 5.41) is 17.5. The zero-order chi connectivity index (χ0) is 12.0. The van der Waals surface area contributed by atoms with Gasteiger partial charge in [-0.3, -0.25) is 0 Å². The van der Waals surface area contributed by atoms with Crippen LogP contribution in [0.2, 0.25) is 0 Å². The van der Waals surface area contributed by atoms with Gasteiger partial charge in [-0.2, -0.15) is 0 Å². The Morgan fingerprint density at radius 1 is 1.31 bits per heavy atom. The summed E-state index contributed by atoms with van der Waals surface area (Å²) in [6, 6.07) is 3.87. The number of hydrogen-bond acceptors (Lipinski definition) is 4. The molecule has 1 heterocycles. The Bertz CT molecular complexity index is 353. The van der Waals surface area contributed by atoms with E-state index in [1.54, 1.807) is 0 Å². The van der Waals surface area contributed by atoms with Crippen LogP contribution >= 0.6 is 0 Å². The predicted molar refractivity (Wildman–Crippen MR) is 59.5 cm³/mol. The van der Waals surface area contributed by atoms with E-state index >= 15 is 0 Å². The maximum atomic E-state index is 10.3. The highest BCUT2D eigenvalue weighted by molar-refractivity contribution is 5.91. The van der Waals surface area contributed by atoms with Gasteiger partial charge in [-0.1, -0.05) is 0 Å². The number of anilines is 1. The number of aromatic hydroxyl groups is 1. The molecule has 5 heteroatoms. The van der Waals surface area contributed by atoms with Gasteiger partial charge in [-0.05, 0) is 25.0 Å². The molecule has 0 aliphatic carbocycles. The molecule has 1 saturated heterocycles. The molecule has 0 saturated carbocycles. The SMILES string of the molecule is C1CCOC1.Nc1ccc(C(=O)O)c(O)c1.